The van der Waals surface area contributed by atoms with Gasteiger partial charge in [0.15, 0.2) is 5.69 Å². The first-order chi connectivity index (χ1) is 6.16. The summed E-state index contributed by atoms with van der Waals surface area (Å²) in [5.41, 5.74) is 0.391. The van der Waals surface area contributed by atoms with Crippen LogP contribution in [0.2, 0.25) is 0 Å². The van der Waals surface area contributed by atoms with Crippen molar-refractivity contribution in [3.05, 3.63) is 33.6 Å². The number of aromatic nitrogens is 1. The molecule has 1 aromatic rings. The second-order valence-corrected chi connectivity index (χ2v) is 2.36. The van der Waals surface area contributed by atoms with Crippen LogP contribution in [0.1, 0.15) is 11.3 Å². The lowest BCUT2D eigenvalue weighted by Crippen LogP contribution is -1.99. The summed E-state index contributed by atoms with van der Waals surface area (Å²) in [6, 6.07) is 1.52. The molecule has 0 amide bonds. The number of rotatable bonds is 2. The third kappa shape index (κ3) is 1.78. The van der Waals surface area contributed by atoms with Crippen molar-refractivity contribution in [1.29, 1.82) is 0 Å². The van der Waals surface area contributed by atoms with Crippen molar-refractivity contribution in [2.45, 2.75) is 6.92 Å². The van der Waals surface area contributed by atoms with Crippen LogP contribution in [0, 0.1) is 17.0 Å². The molecule has 1 rings (SSSR count). The molecule has 1 heterocycles. The highest BCUT2D eigenvalue weighted by molar-refractivity contribution is 5.82. The molecule has 0 spiro atoms. The van der Waals surface area contributed by atoms with Gasteiger partial charge in [-0.2, -0.15) is 0 Å². The van der Waals surface area contributed by atoms with Crippen LogP contribution < -0.4 is 0 Å². The highest BCUT2D eigenvalue weighted by Crippen LogP contribution is 2.18. The summed E-state index contributed by atoms with van der Waals surface area (Å²) >= 11 is 0. The molecule has 0 aliphatic heterocycles. The van der Waals surface area contributed by atoms with Gasteiger partial charge in [-0.05, 0) is 13.0 Å². The van der Waals surface area contributed by atoms with Gasteiger partial charge in [0.1, 0.15) is 0 Å². The number of aryl methyl sites for hydroxylation is 1. The van der Waals surface area contributed by atoms with E-state index in [1.807, 2.05) is 0 Å². The van der Waals surface area contributed by atoms with Gasteiger partial charge in [-0.15, -0.1) is 0 Å². The molecule has 0 unspecified atom stereocenters. The molecule has 0 saturated heterocycles. The quantitative estimate of drug-likeness (QED) is 0.320. The van der Waals surface area contributed by atoms with E-state index in [0.29, 0.717) is 5.56 Å². The standard InChI is InChI=1S/C7H7N3O3/c1-5-2-3-8-6(4-9-11)7(5)10(12)13/h2-4,11H,1H3. The van der Waals surface area contributed by atoms with Crippen LogP contribution in [-0.2, 0) is 0 Å². The monoisotopic (exact) mass is 181 g/mol. The van der Waals surface area contributed by atoms with E-state index in [1.165, 1.54) is 12.3 Å². The van der Waals surface area contributed by atoms with Gasteiger partial charge in [0.25, 0.3) is 5.69 Å². The minimum atomic E-state index is -0.556. The molecule has 0 aliphatic carbocycles. The van der Waals surface area contributed by atoms with Crippen LogP contribution in [-0.4, -0.2) is 21.3 Å². The number of nitrogens with zero attached hydrogens (tertiary/aromatic N) is 3. The zero-order chi connectivity index (χ0) is 9.84. The Hall–Kier alpha value is -1.98. The predicted octanol–water partition coefficient (Wildman–Crippen LogP) is 1.11. The summed E-state index contributed by atoms with van der Waals surface area (Å²) in [7, 11) is 0. The third-order valence-corrected chi connectivity index (χ3v) is 1.52. The van der Waals surface area contributed by atoms with Crippen LogP contribution >= 0.6 is 0 Å². The molecule has 0 radical (unpaired) electrons. The molecule has 0 fully saturated rings. The lowest BCUT2D eigenvalue weighted by molar-refractivity contribution is -0.385. The molecule has 0 atom stereocenters. The first-order valence-electron chi connectivity index (χ1n) is 3.44. The molecule has 1 N–H and O–H groups in total. The van der Waals surface area contributed by atoms with Crippen molar-refractivity contribution < 1.29 is 10.1 Å². The van der Waals surface area contributed by atoms with E-state index in [9.17, 15) is 10.1 Å². The molecule has 0 bridgehead atoms. The molecule has 13 heavy (non-hydrogen) atoms. The van der Waals surface area contributed by atoms with E-state index in [0.717, 1.165) is 6.21 Å². The first kappa shape index (κ1) is 9.11. The fourth-order valence-electron chi connectivity index (χ4n) is 0.958. The molecule has 0 saturated carbocycles. The van der Waals surface area contributed by atoms with Gasteiger partial charge >= 0.3 is 0 Å². The Morgan fingerprint density at radius 1 is 1.77 bits per heavy atom. The minimum Gasteiger partial charge on any atom is -0.411 e. The number of hydrogen-bond acceptors (Lipinski definition) is 5. The second-order valence-electron chi connectivity index (χ2n) is 2.36. The Morgan fingerprint density at radius 2 is 2.46 bits per heavy atom. The summed E-state index contributed by atoms with van der Waals surface area (Å²) in [5.74, 6) is 0. The van der Waals surface area contributed by atoms with Crippen LogP contribution in [0.15, 0.2) is 17.4 Å². The average Bonchev–Trinajstić information content (AvgIpc) is 2.04. The molecular formula is C7H7N3O3. The first-order valence-corrected chi connectivity index (χ1v) is 3.44. The normalized spacial score (nSPS) is 10.5. The Morgan fingerprint density at radius 3 is 3.00 bits per heavy atom. The van der Waals surface area contributed by atoms with E-state index in [2.05, 4.69) is 10.1 Å². The van der Waals surface area contributed by atoms with E-state index in [4.69, 9.17) is 5.21 Å². The lowest BCUT2D eigenvalue weighted by atomic mass is 10.2. The summed E-state index contributed by atoms with van der Waals surface area (Å²) in [4.78, 5) is 13.7. The van der Waals surface area contributed by atoms with Crippen molar-refractivity contribution in [3.8, 4) is 0 Å². The second kappa shape index (κ2) is 3.61. The Kier molecular flexibility index (Phi) is 2.53. The summed E-state index contributed by atoms with van der Waals surface area (Å²) in [6.45, 7) is 1.59. The zero-order valence-electron chi connectivity index (χ0n) is 6.84. The van der Waals surface area contributed by atoms with Gasteiger partial charge in [-0.3, -0.25) is 10.1 Å². The smallest absolute Gasteiger partial charge is 0.299 e. The van der Waals surface area contributed by atoms with Gasteiger partial charge in [0.05, 0.1) is 11.1 Å². The van der Waals surface area contributed by atoms with Crippen LogP contribution in [0.4, 0.5) is 5.69 Å². The summed E-state index contributed by atoms with van der Waals surface area (Å²) in [6.07, 6.45) is 2.35. The highest BCUT2D eigenvalue weighted by Gasteiger charge is 2.16. The van der Waals surface area contributed by atoms with Crippen molar-refractivity contribution in [2.75, 3.05) is 0 Å². The van der Waals surface area contributed by atoms with Crippen LogP contribution in [0.5, 0.6) is 0 Å². The minimum absolute atomic E-state index is 0.0486. The molecular weight excluding hydrogens is 174 g/mol. The number of oxime groups is 1. The molecule has 6 nitrogen and oxygen atoms in total. The van der Waals surface area contributed by atoms with Gasteiger partial charge in [-0.1, -0.05) is 5.16 Å². The van der Waals surface area contributed by atoms with E-state index < -0.39 is 4.92 Å². The van der Waals surface area contributed by atoms with Crippen LogP contribution in [0.3, 0.4) is 0 Å². The Labute approximate surface area is 73.7 Å². The van der Waals surface area contributed by atoms with Gasteiger partial charge in [-0.25, -0.2) is 4.98 Å². The maximum absolute atomic E-state index is 10.5. The molecule has 68 valence electrons. The fourth-order valence-corrected chi connectivity index (χ4v) is 0.958. The summed E-state index contributed by atoms with van der Waals surface area (Å²) in [5, 5.41) is 21.5. The van der Waals surface area contributed by atoms with E-state index in [1.54, 1.807) is 6.92 Å². The molecule has 6 heteroatoms. The van der Waals surface area contributed by atoms with Crippen molar-refractivity contribution >= 4 is 11.9 Å². The van der Waals surface area contributed by atoms with E-state index >= 15 is 0 Å². The maximum atomic E-state index is 10.5. The zero-order valence-corrected chi connectivity index (χ0v) is 6.84. The van der Waals surface area contributed by atoms with Crippen molar-refractivity contribution in [2.24, 2.45) is 5.16 Å². The van der Waals surface area contributed by atoms with Gasteiger partial charge < -0.3 is 5.21 Å². The SMILES string of the molecule is Cc1ccnc(C=NO)c1[N+](=O)[O-]. The van der Waals surface area contributed by atoms with Crippen molar-refractivity contribution in [1.82, 2.24) is 4.98 Å². The number of nitro groups is 1. The predicted molar refractivity (Wildman–Crippen MR) is 45.0 cm³/mol. The molecule has 0 aliphatic rings. The maximum Gasteiger partial charge on any atom is 0.299 e. The highest BCUT2D eigenvalue weighted by atomic mass is 16.6. The number of hydrogen-bond donors (Lipinski definition) is 1. The number of pyridine rings is 1. The van der Waals surface area contributed by atoms with E-state index in [-0.39, 0.29) is 11.4 Å². The van der Waals surface area contributed by atoms with Crippen molar-refractivity contribution in [3.63, 3.8) is 0 Å². The fraction of sp³-hybridized carbons (Fsp3) is 0.143. The Bertz CT molecular complexity index is 362. The van der Waals surface area contributed by atoms with Gasteiger partial charge in [0.2, 0.25) is 0 Å². The third-order valence-electron chi connectivity index (χ3n) is 1.52. The topological polar surface area (TPSA) is 88.6 Å². The van der Waals surface area contributed by atoms with Crippen LogP contribution in [0.25, 0.3) is 0 Å². The molecule has 0 aromatic carbocycles. The molecule has 1 aromatic heterocycles. The largest absolute Gasteiger partial charge is 0.411 e. The lowest BCUT2D eigenvalue weighted by Gasteiger charge is -1.97. The Balaban J connectivity index is 3.34. The summed E-state index contributed by atoms with van der Waals surface area (Å²) < 4.78 is 0. The average molecular weight is 181 g/mol. The van der Waals surface area contributed by atoms with Gasteiger partial charge in [0, 0.05) is 11.8 Å².